The van der Waals surface area contributed by atoms with Gasteiger partial charge in [0, 0.05) is 0 Å². The van der Waals surface area contributed by atoms with Gasteiger partial charge in [0.05, 0.1) is 16.6 Å². The van der Waals surface area contributed by atoms with Crippen LogP contribution in [0.5, 0.6) is 5.75 Å². The van der Waals surface area contributed by atoms with E-state index >= 15 is 0 Å². The molecule has 4 aromatic rings. The van der Waals surface area contributed by atoms with Crippen molar-refractivity contribution < 1.29 is 5.11 Å². The van der Waals surface area contributed by atoms with E-state index in [1.54, 1.807) is 12.1 Å². The minimum Gasteiger partial charge on any atom is -0.506 e. The third kappa shape index (κ3) is 1.38. The largest absolute Gasteiger partial charge is 0.506 e. The lowest BCUT2D eigenvalue weighted by molar-refractivity contribution is 0.479. The van der Waals surface area contributed by atoms with Crippen LogP contribution in [0.15, 0.2) is 47.3 Å². The quantitative estimate of drug-likeness (QED) is 0.491. The Morgan fingerprint density at radius 2 is 1.80 bits per heavy atom. The lowest BCUT2D eigenvalue weighted by atomic mass is 10.3. The van der Waals surface area contributed by atoms with E-state index in [1.165, 1.54) is 10.6 Å². The zero-order valence-electron chi connectivity index (χ0n) is 10.3. The first-order chi connectivity index (χ1) is 9.74. The molecule has 6 nitrogen and oxygen atoms in total. The molecule has 0 saturated heterocycles. The van der Waals surface area contributed by atoms with Crippen LogP contribution in [0.2, 0.25) is 0 Å². The van der Waals surface area contributed by atoms with Crippen LogP contribution in [0.1, 0.15) is 0 Å². The molecule has 0 aliphatic rings. The van der Waals surface area contributed by atoms with Crippen LogP contribution in [-0.2, 0) is 0 Å². The number of aromatic hydroxyl groups is 1. The predicted octanol–water partition coefficient (Wildman–Crippen LogP) is 1.90. The van der Waals surface area contributed by atoms with Gasteiger partial charge in [0.1, 0.15) is 11.3 Å². The molecule has 0 fully saturated rings. The summed E-state index contributed by atoms with van der Waals surface area (Å²) in [4.78, 5) is 22.3. The standard InChI is InChI=1S/C14H10N4O2/c19-11-7-3-6-10-12(11)18(14(20)17-10)13-15-8-4-1-2-5-9(8)16-13/h1-7,19H,(H,15,16)(H,17,20). The average Bonchev–Trinajstić information content (AvgIpc) is 2.99. The maximum Gasteiger partial charge on any atom is 0.333 e. The van der Waals surface area contributed by atoms with E-state index in [0.717, 1.165) is 11.0 Å². The van der Waals surface area contributed by atoms with E-state index in [0.29, 0.717) is 17.0 Å². The highest BCUT2D eigenvalue weighted by atomic mass is 16.3. The molecule has 0 atom stereocenters. The zero-order chi connectivity index (χ0) is 13.7. The minimum absolute atomic E-state index is 0.0290. The number of nitrogens with zero attached hydrogens (tertiary/aromatic N) is 2. The number of phenolic OH excluding ortho intramolecular Hbond substituents is 1. The zero-order valence-corrected chi connectivity index (χ0v) is 10.3. The Morgan fingerprint density at radius 3 is 2.65 bits per heavy atom. The van der Waals surface area contributed by atoms with E-state index in [1.807, 2.05) is 24.3 Å². The van der Waals surface area contributed by atoms with Gasteiger partial charge in [-0.25, -0.2) is 14.3 Å². The van der Waals surface area contributed by atoms with Crippen LogP contribution in [0.3, 0.4) is 0 Å². The molecule has 0 radical (unpaired) electrons. The fourth-order valence-electron chi connectivity index (χ4n) is 2.39. The molecule has 0 bridgehead atoms. The number of para-hydroxylation sites is 3. The van der Waals surface area contributed by atoms with E-state index in [9.17, 15) is 9.90 Å². The van der Waals surface area contributed by atoms with Gasteiger partial charge in [0.15, 0.2) is 0 Å². The second kappa shape index (κ2) is 3.74. The van der Waals surface area contributed by atoms with Crippen LogP contribution in [0.4, 0.5) is 0 Å². The molecule has 6 heteroatoms. The average molecular weight is 266 g/mol. The van der Waals surface area contributed by atoms with Crippen molar-refractivity contribution in [3.63, 3.8) is 0 Å². The van der Waals surface area contributed by atoms with Gasteiger partial charge < -0.3 is 15.1 Å². The third-order valence-corrected chi connectivity index (χ3v) is 3.27. The van der Waals surface area contributed by atoms with Gasteiger partial charge in [-0.05, 0) is 24.3 Å². The summed E-state index contributed by atoms with van der Waals surface area (Å²) in [6.45, 7) is 0. The maximum atomic E-state index is 12.1. The van der Waals surface area contributed by atoms with Crippen LogP contribution in [0.25, 0.3) is 28.0 Å². The van der Waals surface area contributed by atoms with Crippen molar-refractivity contribution >= 4 is 22.1 Å². The lowest BCUT2D eigenvalue weighted by Crippen LogP contribution is -2.15. The first kappa shape index (κ1) is 10.9. The monoisotopic (exact) mass is 266 g/mol. The van der Waals surface area contributed by atoms with E-state index in [-0.39, 0.29) is 11.4 Å². The minimum atomic E-state index is -0.347. The first-order valence-corrected chi connectivity index (χ1v) is 6.12. The molecule has 2 heterocycles. The number of benzene rings is 2. The van der Waals surface area contributed by atoms with Gasteiger partial charge in [-0.2, -0.15) is 0 Å². The number of imidazole rings is 2. The Labute approximate surface area is 112 Å². The predicted molar refractivity (Wildman–Crippen MR) is 75.2 cm³/mol. The van der Waals surface area contributed by atoms with Crippen molar-refractivity contribution in [2.45, 2.75) is 0 Å². The number of fused-ring (bicyclic) bond motifs is 2. The highest BCUT2D eigenvalue weighted by Gasteiger charge is 2.14. The summed E-state index contributed by atoms with van der Waals surface area (Å²) in [6.07, 6.45) is 0. The Bertz CT molecular complexity index is 960. The number of nitrogens with one attached hydrogen (secondary N) is 2. The molecule has 4 rings (SSSR count). The highest BCUT2D eigenvalue weighted by molar-refractivity contribution is 5.84. The van der Waals surface area contributed by atoms with Crippen LogP contribution < -0.4 is 5.69 Å². The number of aromatic nitrogens is 4. The molecule has 0 aliphatic heterocycles. The summed E-state index contributed by atoms with van der Waals surface area (Å²) < 4.78 is 1.34. The summed E-state index contributed by atoms with van der Waals surface area (Å²) in [5.41, 5.74) is 2.23. The summed E-state index contributed by atoms with van der Waals surface area (Å²) in [5.74, 6) is 0.408. The summed E-state index contributed by atoms with van der Waals surface area (Å²) >= 11 is 0. The number of aromatic amines is 2. The molecular formula is C14H10N4O2. The topological polar surface area (TPSA) is 86.7 Å². The van der Waals surface area contributed by atoms with Crippen molar-refractivity contribution in [3.05, 3.63) is 52.9 Å². The van der Waals surface area contributed by atoms with Gasteiger partial charge in [-0.15, -0.1) is 0 Å². The van der Waals surface area contributed by atoms with Gasteiger partial charge >= 0.3 is 5.69 Å². The van der Waals surface area contributed by atoms with Crippen molar-refractivity contribution in [2.75, 3.05) is 0 Å². The second-order valence-corrected chi connectivity index (χ2v) is 4.52. The van der Waals surface area contributed by atoms with Crippen molar-refractivity contribution in [2.24, 2.45) is 0 Å². The molecule has 0 unspecified atom stereocenters. The molecule has 98 valence electrons. The van der Waals surface area contributed by atoms with Crippen molar-refractivity contribution in [1.29, 1.82) is 0 Å². The van der Waals surface area contributed by atoms with Crippen LogP contribution in [0, 0.1) is 0 Å². The van der Waals surface area contributed by atoms with Crippen LogP contribution >= 0.6 is 0 Å². The molecule has 2 aromatic carbocycles. The second-order valence-electron chi connectivity index (χ2n) is 4.52. The molecular weight excluding hydrogens is 256 g/mol. The number of rotatable bonds is 1. The van der Waals surface area contributed by atoms with Crippen LogP contribution in [-0.4, -0.2) is 24.6 Å². The van der Waals surface area contributed by atoms with Gasteiger partial charge in [0.25, 0.3) is 0 Å². The highest BCUT2D eigenvalue weighted by Crippen LogP contribution is 2.24. The first-order valence-electron chi connectivity index (χ1n) is 6.12. The number of phenols is 1. The fourth-order valence-corrected chi connectivity index (χ4v) is 2.39. The molecule has 0 aliphatic carbocycles. The SMILES string of the molecule is O=c1[nH]c2cccc(O)c2n1-c1nc2ccccc2[nH]1. The molecule has 20 heavy (non-hydrogen) atoms. The smallest absolute Gasteiger partial charge is 0.333 e. The van der Waals surface area contributed by atoms with Gasteiger partial charge in [-0.1, -0.05) is 18.2 Å². The number of hydrogen-bond acceptors (Lipinski definition) is 3. The van der Waals surface area contributed by atoms with Crippen molar-refractivity contribution in [1.82, 2.24) is 19.5 Å². The molecule has 3 N–H and O–H groups in total. The third-order valence-electron chi connectivity index (χ3n) is 3.27. The lowest BCUT2D eigenvalue weighted by Gasteiger charge is -2.00. The Kier molecular flexibility index (Phi) is 2.03. The number of H-pyrrole nitrogens is 2. The molecule has 2 aromatic heterocycles. The maximum absolute atomic E-state index is 12.1. The van der Waals surface area contributed by atoms with Gasteiger partial charge in [0.2, 0.25) is 5.95 Å². The summed E-state index contributed by atoms with van der Waals surface area (Å²) in [6, 6.07) is 12.4. The molecule has 0 amide bonds. The van der Waals surface area contributed by atoms with Crippen molar-refractivity contribution in [3.8, 4) is 11.7 Å². The fraction of sp³-hybridized carbons (Fsp3) is 0. The Hall–Kier alpha value is -3.02. The van der Waals surface area contributed by atoms with Gasteiger partial charge in [-0.3, -0.25) is 0 Å². The molecule has 0 spiro atoms. The molecule has 0 saturated carbocycles. The summed E-state index contributed by atoms with van der Waals surface area (Å²) in [5, 5.41) is 9.98. The normalized spacial score (nSPS) is 11.4. The summed E-state index contributed by atoms with van der Waals surface area (Å²) in [7, 11) is 0. The number of hydrogen-bond donors (Lipinski definition) is 3. The Balaban J connectivity index is 2.11. The van der Waals surface area contributed by atoms with E-state index in [4.69, 9.17) is 0 Å². The van der Waals surface area contributed by atoms with E-state index < -0.39 is 0 Å². The van der Waals surface area contributed by atoms with E-state index in [2.05, 4.69) is 15.0 Å². The Morgan fingerprint density at radius 1 is 1.00 bits per heavy atom.